The molecule has 0 spiro atoms. The molecule has 0 unspecified atom stereocenters. The van der Waals surface area contributed by atoms with E-state index in [1.54, 1.807) is 0 Å². The molecule has 0 aliphatic carbocycles. The predicted molar refractivity (Wildman–Crippen MR) is 63.2 cm³/mol. The molecule has 1 N–H and O–H groups in total. The maximum absolute atomic E-state index is 11.0. The molecule has 0 saturated heterocycles. The van der Waals surface area contributed by atoms with Crippen molar-refractivity contribution >= 4 is 11.7 Å². The van der Waals surface area contributed by atoms with Gasteiger partial charge in [0.05, 0.1) is 6.20 Å². The average molecular weight is 232 g/mol. The Morgan fingerprint density at radius 1 is 1.35 bits per heavy atom. The average Bonchev–Trinajstić information content (AvgIpc) is 2.77. The van der Waals surface area contributed by atoms with E-state index in [0.29, 0.717) is 5.56 Å². The number of carboxylic acids is 1. The summed E-state index contributed by atoms with van der Waals surface area (Å²) < 4.78 is 5.05. The molecule has 0 bridgehead atoms. The Hall–Kier alpha value is -2.30. The van der Waals surface area contributed by atoms with Gasteiger partial charge in [0, 0.05) is 25.3 Å². The Labute approximate surface area is 98.3 Å². The number of hydrogen-bond acceptors (Lipinski definition) is 4. The van der Waals surface area contributed by atoms with E-state index in [4.69, 9.17) is 9.63 Å². The van der Waals surface area contributed by atoms with Gasteiger partial charge < -0.3 is 14.5 Å². The number of rotatable bonds is 3. The van der Waals surface area contributed by atoms with Crippen LogP contribution in [0.25, 0.3) is 11.3 Å². The monoisotopic (exact) mass is 232 g/mol. The lowest BCUT2D eigenvalue weighted by molar-refractivity contribution is 0.0697. The molecule has 5 nitrogen and oxygen atoms in total. The van der Waals surface area contributed by atoms with Crippen molar-refractivity contribution in [1.82, 2.24) is 5.16 Å². The zero-order chi connectivity index (χ0) is 12.4. The van der Waals surface area contributed by atoms with E-state index in [0.717, 1.165) is 5.69 Å². The zero-order valence-electron chi connectivity index (χ0n) is 9.54. The molecule has 2 rings (SSSR count). The normalized spacial score (nSPS) is 10.2. The number of aromatic carboxylic acids is 1. The first kappa shape index (κ1) is 11.2. The van der Waals surface area contributed by atoms with E-state index >= 15 is 0 Å². The molecular formula is C12H12N2O3. The van der Waals surface area contributed by atoms with Gasteiger partial charge in [-0.15, -0.1) is 0 Å². The molecule has 1 aromatic carbocycles. The summed E-state index contributed by atoms with van der Waals surface area (Å²) in [5.41, 5.74) is 1.67. The van der Waals surface area contributed by atoms with Crippen LogP contribution >= 0.6 is 0 Å². The highest BCUT2D eigenvalue weighted by molar-refractivity contribution is 5.95. The van der Waals surface area contributed by atoms with Crippen LogP contribution < -0.4 is 4.90 Å². The Kier molecular flexibility index (Phi) is 2.82. The molecular weight excluding hydrogens is 220 g/mol. The minimum absolute atomic E-state index is 0.0688. The summed E-state index contributed by atoms with van der Waals surface area (Å²) in [5, 5.41) is 12.6. The predicted octanol–water partition coefficient (Wildman–Crippen LogP) is 2.11. The second-order valence-electron chi connectivity index (χ2n) is 3.79. The number of carbonyl (C=O) groups is 1. The van der Waals surface area contributed by atoms with Crippen molar-refractivity contribution in [2.45, 2.75) is 0 Å². The first-order chi connectivity index (χ1) is 8.11. The molecule has 17 heavy (non-hydrogen) atoms. The van der Waals surface area contributed by atoms with Crippen LogP contribution in [0.4, 0.5) is 5.69 Å². The molecule has 1 aromatic heterocycles. The maximum Gasteiger partial charge on any atom is 0.341 e. The summed E-state index contributed by atoms with van der Waals surface area (Å²) in [5.74, 6) is -0.767. The number of anilines is 1. The molecule has 0 radical (unpaired) electrons. The standard InChI is InChI=1S/C12H12N2O3/c1-14(2)10-6-4-3-5-8(10)11-9(12(15)16)7-13-17-11/h3-7H,1-2H3,(H,15,16). The zero-order valence-corrected chi connectivity index (χ0v) is 9.54. The molecule has 0 amide bonds. The Balaban J connectivity index is 2.60. The maximum atomic E-state index is 11.0. The molecule has 2 aromatic rings. The van der Waals surface area contributed by atoms with Crippen LogP contribution in [0.5, 0.6) is 0 Å². The van der Waals surface area contributed by atoms with Crippen LogP contribution in [0, 0.1) is 0 Å². The second kappa shape index (κ2) is 4.29. The minimum Gasteiger partial charge on any atom is -0.477 e. The fourth-order valence-electron chi connectivity index (χ4n) is 1.64. The summed E-state index contributed by atoms with van der Waals surface area (Å²) in [7, 11) is 3.77. The van der Waals surface area contributed by atoms with Crippen LogP contribution in [0.2, 0.25) is 0 Å². The number of nitrogens with zero attached hydrogens (tertiary/aromatic N) is 2. The van der Waals surface area contributed by atoms with Gasteiger partial charge in [0.25, 0.3) is 0 Å². The molecule has 0 aliphatic heterocycles. The Morgan fingerprint density at radius 3 is 2.71 bits per heavy atom. The fourth-order valence-corrected chi connectivity index (χ4v) is 1.64. The third kappa shape index (κ3) is 1.99. The lowest BCUT2D eigenvalue weighted by Crippen LogP contribution is -2.10. The molecule has 0 saturated carbocycles. The number of aromatic nitrogens is 1. The molecule has 0 fully saturated rings. The molecule has 5 heteroatoms. The van der Waals surface area contributed by atoms with Crippen LogP contribution in [0.3, 0.4) is 0 Å². The van der Waals surface area contributed by atoms with E-state index in [1.807, 2.05) is 43.3 Å². The van der Waals surface area contributed by atoms with Crippen molar-refractivity contribution in [1.29, 1.82) is 0 Å². The van der Waals surface area contributed by atoms with E-state index in [1.165, 1.54) is 6.20 Å². The quantitative estimate of drug-likeness (QED) is 0.877. The summed E-state index contributed by atoms with van der Waals surface area (Å²) >= 11 is 0. The minimum atomic E-state index is -1.05. The van der Waals surface area contributed by atoms with Crippen molar-refractivity contribution in [3.63, 3.8) is 0 Å². The van der Waals surface area contributed by atoms with Gasteiger partial charge in [0.15, 0.2) is 5.76 Å². The SMILES string of the molecule is CN(C)c1ccccc1-c1oncc1C(=O)O. The third-order valence-electron chi connectivity index (χ3n) is 2.43. The van der Waals surface area contributed by atoms with Gasteiger partial charge in [-0.1, -0.05) is 17.3 Å². The Morgan fingerprint density at radius 2 is 2.06 bits per heavy atom. The highest BCUT2D eigenvalue weighted by Crippen LogP contribution is 2.31. The van der Waals surface area contributed by atoms with Crippen LogP contribution in [0.1, 0.15) is 10.4 Å². The van der Waals surface area contributed by atoms with Gasteiger partial charge in [-0.05, 0) is 12.1 Å². The third-order valence-corrected chi connectivity index (χ3v) is 2.43. The summed E-state index contributed by atoms with van der Waals surface area (Å²) in [6.07, 6.45) is 1.21. The number of carboxylic acid groups (broad SMARTS) is 1. The first-order valence-electron chi connectivity index (χ1n) is 5.06. The van der Waals surface area contributed by atoms with Gasteiger partial charge in [-0.3, -0.25) is 0 Å². The van der Waals surface area contributed by atoms with Crippen molar-refractivity contribution in [2.24, 2.45) is 0 Å². The largest absolute Gasteiger partial charge is 0.477 e. The molecule has 0 atom stereocenters. The van der Waals surface area contributed by atoms with Crippen molar-refractivity contribution in [2.75, 3.05) is 19.0 Å². The highest BCUT2D eigenvalue weighted by atomic mass is 16.5. The summed E-state index contributed by atoms with van der Waals surface area (Å²) in [4.78, 5) is 12.9. The van der Waals surface area contributed by atoms with Gasteiger partial charge >= 0.3 is 5.97 Å². The van der Waals surface area contributed by atoms with E-state index in [2.05, 4.69) is 5.16 Å². The molecule has 88 valence electrons. The smallest absolute Gasteiger partial charge is 0.341 e. The molecule has 1 heterocycles. The van der Waals surface area contributed by atoms with Gasteiger partial charge in [-0.2, -0.15) is 0 Å². The van der Waals surface area contributed by atoms with Gasteiger partial charge in [0.2, 0.25) is 0 Å². The van der Waals surface area contributed by atoms with Gasteiger partial charge in [-0.25, -0.2) is 4.79 Å². The van der Waals surface area contributed by atoms with Crippen molar-refractivity contribution in [3.8, 4) is 11.3 Å². The first-order valence-corrected chi connectivity index (χ1v) is 5.06. The van der Waals surface area contributed by atoms with E-state index in [9.17, 15) is 4.79 Å². The number of hydrogen-bond donors (Lipinski definition) is 1. The van der Waals surface area contributed by atoms with Crippen molar-refractivity contribution < 1.29 is 14.4 Å². The fraction of sp³-hybridized carbons (Fsp3) is 0.167. The number of benzene rings is 1. The summed E-state index contributed by atoms with van der Waals surface area (Å²) in [6, 6.07) is 7.41. The van der Waals surface area contributed by atoms with E-state index < -0.39 is 5.97 Å². The van der Waals surface area contributed by atoms with Crippen LogP contribution in [0.15, 0.2) is 35.0 Å². The number of para-hydroxylation sites is 1. The van der Waals surface area contributed by atoms with Crippen LogP contribution in [-0.4, -0.2) is 30.3 Å². The van der Waals surface area contributed by atoms with Gasteiger partial charge in [0.1, 0.15) is 5.56 Å². The lowest BCUT2D eigenvalue weighted by atomic mass is 10.1. The molecule has 0 aliphatic rings. The Bertz CT molecular complexity index is 546. The van der Waals surface area contributed by atoms with E-state index in [-0.39, 0.29) is 11.3 Å². The second-order valence-corrected chi connectivity index (χ2v) is 3.79. The lowest BCUT2D eigenvalue weighted by Gasteiger charge is -2.15. The topological polar surface area (TPSA) is 66.6 Å². The van der Waals surface area contributed by atoms with Crippen molar-refractivity contribution in [3.05, 3.63) is 36.0 Å². The summed E-state index contributed by atoms with van der Waals surface area (Å²) in [6.45, 7) is 0. The van der Waals surface area contributed by atoms with Crippen LogP contribution in [-0.2, 0) is 0 Å². The highest BCUT2D eigenvalue weighted by Gasteiger charge is 2.19.